The molecule has 2 aromatic heterocycles. The van der Waals surface area contributed by atoms with Gasteiger partial charge in [-0.1, -0.05) is 35.9 Å². The second-order valence-electron chi connectivity index (χ2n) is 5.54. The molecule has 0 aliphatic carbocycles. The third kappa shape index (κ3) is 3.25. The average molecular weight is 352 g/mol. The minimum absolute atomic E-state index is 0.120. The Kier molecular flexibility index (Phi) is 3.95. The minimum Gasteiger partial charge on any atom is -0.309 e. The molecular formula is C18H14ClN5O. The number of nitrogens with one attached hydrogen (secondary N) is 1. The molecule has 4 rings (SSSR count). The van der Waals surface area contributed by atoms with E-state index >= 15 is 0 Å². The minimum atomic E-state index is -0.184. The van der Waals surface area contributed by atoms with E-state index in [0.717, 1.165) is 16.6 Å². The van der Waals surface area contributed by atoms with Gasteiger partial charge in [0.15, 0.2) is 0 Å². The smallest absolute Gasteiger partial charge is 0.247 e. The van der Waals surface area contributed by atoms with Gasteiger partial charge >= 0.3 is 0 Å². The lowest BCUT2D eigenvalue weighted by Crippen LogP contribution is -2.20. The van der Waals surface area contributed by atoms with Crippen LogP contribution in [0.3, 0.4) is 0 Å². The van der Waals surface area contributed by atoms with Gasteiger partial charge in [0.2, 0.25) is 5.91 Å². The van der Waals surface area contributed by atoms with E-state index in [4.69, 9.17) is 11.6 Å². The Bertz CT molecular complexity index is 1020. The number of halogens is 1. The maximum absolute atomic E-state index is 12.4. The van der Waals surface area contributed by atoms with Crippen molar-refractivity contribution in [3.63, 3.8) is 0 Å². The van der Waals surface area contributed by atoms with Crippen LogP contribution in [-0.4, -0.2) is 25.5 Å². The summed E-state index contributed by atoms with van der Waals surface area (Å²) in [5, 5.41) is 13.1. The normalized spacial score (nSPS) is 10.9. The van der Waals surface area contributed by atoms with Gasteiger partial charge in [0.1, 0.15) is 12.4 Å². The molecule has 2 heterocycles. The third-order valence-corrected chi connectivity index (χ3v) is 3.96. The van der Waals surface area contributed by atoms with E-state index in [1.165, 1.54) is 0 Å². The quantitative estimate of drug-likeness (QED) is 0.612. The highest BCUT2D eigenvalue weighted by molar-refractivity contribution is 6.30. The summed E-state index contributed by atoms with van der Waals surface area (Å²) in [4.78, 5) is 12.4. The summed E-state index contributed by atoms with van der Waals surface area (Å²) < 4.78 is 3.25. The van der Waals surface area contributed by atoms with Crippen molar-refractivity contribution in [3.05, 3.63) is 72.0 Å². The Morgan fingerprint density at radius 3 is 2.84 bits per heavy atom. The van der Waals surface area contributed by atoms with Crippen LogP contribution in [0.25, 0.3) is 16.6 Å². The summed E-state index contributed by atoms with van der Waals surface area (Å²) in [5.74, 6) is 0.389. The fourth-order valence-corrected chi connectivity index (χ4v) is 2.82. The number of aromatic nitrogens is 4. The number of amides is 1. The van der Waals surface area contributed by atoms with E-state index in [-0.39, 0.29) is 12.5 Å². The fourth-order valence-electron chi connectivity index (χ4n) is 2.64. The molecule has 4 aromatic rings. The molecular weight excluding hydrogens is 338 g/mol. The van der Waals surface area contributed by atoms with E-state index < -0.39 is 0 Å². The van der Waals surface area contributed by atoms with Gasteiger partial charge in [-0.3, -0.25) is 9.48 Å². The maximum atomic E-state index is 12.4. The van der Waals surface area contributed by atoms with Gasteiger partial charge in [-0.25, -0.2) is 4.68 Å². The average Bonchev–Trinajstić information content (AvgIpc) is 3.20. The summed E-state index contributed by atoms with van der Waals surface area (Å²) in [6.45, 7) is 0.120. The summed E-state index contributed by atoms with van der Waals surface area (Å²) in [7, 11) is 0. The molecule has 0 fully saturated rings. The number of carbonyl (C=O) groups is 1. The van der Waals surface area contributed by atoms with Gasteiger partial charge in [-0.05, 0) is 24.3 Å². The maximum Gasteiger partial charge on any atom is 0.247 e. The molecule has 2 aromatic carbocycles. The van der Waals surface area contributed by atoms with E-state index in [1.54, 1.807) is 33.8 Å². The summed E-state index contributed by atoms with van der Waals surface area (Å²) in [5.41, 5.74) is 1.64. The first-order valence-corrected chi connectivity index (χ1v) is 8.09. The van der Waals surface area contributed by atoms with Crippen molar-refractivity contribution in [2.45, 2.75) is 6.54 Å². The van der Waals surface area contributed by atoms with Crippen molar-refractivity contribution in [2.75, 3.05) is 5.32 Å². The number of fused-ring (bicyclic) bond motifs is 1. The van der Waals surface area contributed by atoms with E-state index in [9.17, 15) is 4.79 Å². The lowest BCUT2D eigenvalue weighted by molar-refractivity contribution is -0.116. The fraction of sp³-hybridized carbons (Fsp3) is 0.0556. The Hall–Kier alpha value is -3.12. The third-order valence-electron chi connectivity index (χ3n) is 3.73. The van der Waals surface area contributed by atoms with Crippen LogP contribution in [0.2, 0.25) is 5.02 Å². The Morgan fingerprint density at radius 1 is 1.12 bits per heavy atom. The van der Waals surface area contributed by atoms with Gasteiger partial charge in [0, 0.05) is 22.7 Å². The first kappa shape index (κ1) is 15.4. The molecule has 0 radical (unpaired) electrons. The van der Waals surface area contributed by atoms with Crippen molar-refractivity contribution >= 4 is 34.2 Å². The standard InChI is InChI=1S/C18H14ClN5O/c19-14-5-3-6-15(10-14)24-17(8-9-20-24)21-18(25)12-23-11-13-4-1-2-7-16(13)22-23/h1-11H,12H2,(H,21,25). The van der Waals surface area contributed by atoms with E-state index in [0.29, 0.717) is 10.8 Å². The first-order valence-electron chi connectivity index (χ1n) is 7.71. The summed E-state index contributed by atoms with van der Waals surface area (Å²) >= 11 is 6.03. The number of nitrogens with zero attached hydrogens (tertiary/aromatic N) is 4. The number of hydrogen-bond acceptors (Lipinski definition) is 3. The van der Waals surface area contributed by atoms with Gasteiger partial charge < -0.3 is 5.32 Å². The van der Waals surface area contributed by atoms with Crippen LogP contribution in [0.4, 0.5) is 5.82 Å². The van der Waals surface area contributed by atoms with Crippen LogP contribution in [0.5, 0.6) is 0 Å². The SMILES string of the molecule is O=C(Cn1cc2ccccc2n1)Nc1ccnn1-c1cccc(Cl)c1. The second kappa shape index (κ2) is 6.41. The molecule has 0 spiro atoms. The molecule has 0 bridgehead atoms. The first-order chi connectivity index (χ1) is 12.2. The van der Waals surface area contributed by atoms with Gasteiger partial charge in [-0.2, -0.15) is 10.2 Å². The largest absolute Gasteiger partial charge is 0.309 e. The molecule has 0 atom stereocenters. The molecule has 0 saturated heterocycles. The molecule has 25 heavy (non-hydrogen) atoms. The zero-order valence-corrected chi connectivity index (χ0v) is 13.9. The van der Waals surface area contributed by atoms with Gasteiger partial charge in [-0.15, -0.1) is 0 Å². The summed E-state index contributed by atoms with van der Waals surface area (Å²) in [6.07, 6.45) is 3.47. The zero-order valence-electron chi connectivity index (χ0n) is 13.1. The van der Waals surface area contributed by atoms with Crippen LogP contribution in [0.1, 0.15) is 0 Å². The highest BCUT2D eigenvalue weighted by Crippen LogP contribution is 2.18. The van der Waals surface area contributed by atoms with Gasteiger partial charge in [0.25, 0.3) is 0 Å². The molecule has 124 valence electrons. The number of anilines is 1. The molecule has 0 unspecified atom stereocenters. The van der Waals surface area contributed by atoms with Crippen molar-refractivity contribution in [1.29, 1.82) is 0 Å². The predicted octanol–water partition coefficient (Wildman–Crippen LogP) is 3.51. The van der Waals surface area contributed by atoms with Crippen molar-refractivity contribution in [2.24, 2.45) is 0 Å². The van der Waals surface area contributed by atoms with E-state index in [1.807, 2.05) is 42.6 Å². The number of benzene rings is 2. The molecule has 7 heteroatoms. The van der Waals surface area contributed by atoms with Crippen LogP contribution in [0, 0.1) is 0 Å². The highest BCUT2D eigenvalue weighted by Gasteiger charge is 2.11. The lowest BCUT2D eigenvalue weighted by Gasteiger charge is -2.09. The van der Waals surface area contributed by atoms with Crippen LogP contribution >= 0.6 is 11.6 Å². The Balaban J connectivity index is 1.52. The molecule has 0 aliphatic heterocycles. The number of rotatable bonds is 4. The monoisotopic (exact) mass is 351 g/mol. The van der Waals surface area contributed by atoms with Crippen LogP contribution in [0.15, 0.2) is 67.0 Å². The van der Waals surface area contributed by atoms with E-state index in [2.05, 4.69) is 15.5 Å². The molecule has 0 saturated carbocycles. The molecule has 0 aliphatic rings. The van der Waals surface area contributed by atoms with Crippen LogP contribution < -0.4 is 5.32 Å². The van der Waals surface area contributed by atoms with Crippen molar-refractivity contribution < 1.29 is 4.79 Å². The molecule has 1 N–H and O–H groups in total. The van der Waals surface area contributed by atoms with Crippen LogP contribution in [-0.2, 0) is 11.3 Å². The highest BCUT2D eigenvalue weighted by atomic mass is 35.5. The Labute approximate surface area is 148 Å². The zero-order chi connectivity index (χ0) is 17.2. The van der Waals surface area contributed by atoms with Crippen molar-refractivity contribution in [3.8, 4) is 5.69 Å². The van der Waals surface area contributed by atoms with Crippen molar-refractivity contribution in [1.82, 2.24) is 19.6 Å². The second-order valence-corrected chi connectivity index (χ2v) is 5.98. The molecule has 6 nitrogen and oxygen atoms in total. The summed E-state index contributed by atoms with van der Waals surface area (Å²) in [6, 6.07) is 16.7. The molecule has 1 amide bonds. The lowest BCUT2D eigenvalue weighted by atomic mass is 10.3. The van der Waals surface area contributed by atoms with Gasteiger partial charge in [0.05, 0.1) is 17.4 Å². The number of hydrogen-bond donors (Lipinski definition) is 1. The Morgan fingerprint density at radius 2 is 2.00 bits per heavy atom. The number of carbonyl (C=O) groups excluding carboxylic acids is 1. The predicted molar refractivity (Wildman–Crippen MR) is 96.9 cm³/mol. The topological polar surface area (TPSA) is 64.7 Å².